The van der Waals surface area contributed by atoms with Crippen LogP contribution in [-0.2, 0) is 18.3 Å². The van der Waals surface area contributed by atoms with Gasteiger partial charge in [-0.3, -0.25) is 13.9 Å². The van der Waals surface area contributed by atoms with Crippen LogP contribution in [0.25, 0.3) is 11.2 Å². The molecule has 1 saturated heterocycles. The van der Waals surface area contributed by atoms with Crippen LogP contribution in [0.15, 0.2) is 43.0 Å². The van der Waals surface area contributed by atoms with Crippen LogP contribution in [0.2, 0.25) is 0 Å². The average Bonchev–Trinajstić information content (AvgIpc) is 3.43. The number of benzene rings is 1. The standard InChI is InChI=1S/C24H32N5O7PS/c1-14(2)35-37(33,36-15(3)4)13-38-20-19(31)17(10-30)34-24(20)29-12-27-18-21(25-11-26-22(18)29)28-23(32)16-8-6-5-7-9-16/h5-9,11-12,14-15,17,19-20,24,30-31H,10,13H2,1-4H3,(H,25,26,28,32)/t17-,19-,20+,24-/m1/s1. The summed E-state index contributed by atoms with van der Waals surface area (Å²) in [4.78, 5) is 25.6. The van der Waals surface area contributed by atoms with Crippen LogP contribution < -0.4 is 5.32 Å². The number of anilines is 1. The number of amides is 1. The van der Waals surface area contributed by atoms with Gasteiger partial charge in [0.15, 0.2) is 23.2 Å². The molecule has 1 aliphatic rings. The summed E-state index contributed by atoms with van der Waals surface area (Å²) in [5, 5.41) is 22.8. The molecule has 2 aromatic heterocycles. The zero-order valence-electron chi connectivity index (χ0n) is 21.5. The Labute approximate surface area is 224 Å². The predicted molar refractivity (Wildman–Crippen MR) is 143 cm³/mol. The van der Waals surface area contributed by atoms with E-state index in [0.29, 0.717) is 16.7 Å². The number of thioether (sulfide) groups is 1. The number of carbonyl (C=O) groups is 1. The Bertz CT molecular complexity index is 1280. The number of aliphatic hydroxyl groups excluding tert-OH is 2. The SMILES string of the molecule is CC(C)OP(=O)(CS[C@H]1[C@H](O)[C@@H](CO)O[C@H]1n1cnc2c(NC(=O)c3ccccc3)ncnc21)OC(C)C. The maximum absolute atomic E-state index is 13.4. The summed E-state index contributed by atoms with van der Waals surface area (Å²) in [6.07, 6.45) is -0.689. The van der Waals surface area contributed by atoms with Crippen molar-refractivity contribution in [3.63, 3.8) is 0 Å². The molecule has 4 rings (SSSR count). The first-order valence-corrected chi connectivity index (χ1v) is 15.0. The van der Waals surface area contributed by atoms with Crippen molar-refractivity contribution in [1.82, 2.24) is 19.5 Å². The molecule has 0 unspecified atom stereocenters. The lowest BCUT2D eigenvalue weighted by Crippen LogP contribution is -2.31. The number of aromatic nitrogens is 4. The Morgan fingerprint density at radius 1 is 1.16 bits per heavy atom. The molecule has 3 N–H and O–H groups in total. The van der Waals surface area contributed by atoms with Crippen LogP contribution >= 0.6 is 19.4 Å². The maximum Gasteiger partial charge on any atom is 0.340 e. The minimum Gasteiger partial charge on any atom is -0.394 e. The van der Waals surface area contributed by atoms with Crippen molar-refractivity contribution in [2.75, 3.05) is 17.4 Å². The van der Waals surface area contributed by atoms with Gasteiger partial charge < -0.3 is 29.3 Å². The van der Waals surface area contributed by atoms with Crippen LogP contribution in [0.3, 0.4) is 0 Å². The number of ether oxygens (including phenoxy) is 1. The van der Waals surface area contributed by atoms with E-state index in [9.17, 15) is 19.6 Å². The smallest absolute Gasteiger partial charge is 0.340 e. The highest BCUT2D eigenvalue weighted by Gasteiger charge is 2.46. The molecule has 4 atom stereocenters. The monoisotopic (exact) mass is 565 g/mol. The molecule has 1 fully saturated rings. The molecule has 12 nitrogen and oxygen atoms in total. The Hall–Kier alpha value is -2.38. The number of nitrogens with zero attached hydrogens (tertiary/aromatic N) is 4. The van der Waals surface area contributed by atoms with Gasteiger partial charge in [-0.25, -0.2) is 15.0 Å². The highest BCUT2D eigenvalue weighted by atomic mass is 32.2. The number of hydrogen-bond donors (Lipinski definition) is 3. The molecule has 1 amide bonds. The molecule has 0 radical (unpaired) electrons. The molecular weight excluding hydrogens is 533 g/mol. The summed E-state index contributed by atoms with van der Waals surface area (Å²) < 4.78 is 32.3. The molecule has 0 aliphatic carbocycles. The van der Waals surface area contributed by atoms with Crippen LogP contribution in [0.1, 0.15) is 44.3 Å². The zero-order chi connectivity index (χ0) is 27.4. The van der Waals surface area contributed by atoms with Gasteiger partial charge in [-0.1, -0.05) is 18.2 Å². The fraction of sp³-hybridized carbons (Fsp3) is 0.500. The second kappa shape index (κ2) is 12.2. The third-order valence-electron chi connectivity index (χ3n) is 5.56. The predicted octanol–water partition coefficient (Wildman–Crippen LogP) is 3.43. The van der Waals surface area contributed by atoms with Crippen LogP contribution in [-0.4, -0.2) is 77.4 Å². The number of fused-ring (bicyclic) bond motifs is 1. The summed E-state index contributed by atoms with van der Waals surface area (Å²) in [5.74, 6) is -0.142. The maximum atomic E-state index is 13.4. The van der Waals surface area contributed by atoms with E-state index in [4.69, 9.17) is 13.8 Å². The second-order valence-electron chi connectivity index (χ2n) is 9.28. The van der Waals surface area contributed by atoms with Crippen molar-refractivity contribution in [3.8, 4) is 0 Å². The number of carbonyl (C=O) groups excluding carboxylic acids is 1. The third-order valence-corrected chi connectivity index (χ3v) is 9.80. The molecule has 3 aromatic rings. The minimum atomic E-state index is -3.51. The molecule has 14 heteroatoms. The molecule has 206 valence electrons. The first kappa shape index (κ1) is 28.6. The summed E-state index contributed by atoms with van der Waals surface area (Å²) in [6.45, 7) is 6.65. The summed E-state index contributed by atoms with van der Waals surface area (Å²) in [6, 6.07) is 8.70. The molecule has 3 heterocycles. The second-order valence-corrected chi connectivity index (χ2v) is 12.8. The summed E-state index contributed by atoms with van der Waals surface area (Å²) in [7, 11) is -3.51. The zero-order valence-corrected chi connectivity index (χ0v) is 23.2. The van der Waals surface area contributed by atoms with Gasteiger partial charge in [0.1, 0.15) is 12.4 Å². The largest absolute Gasteiger partial charge is 0.394 e. The van der Waals surface area contributed by atoms with Crippen molar-refractivity contribution < 1.29 is 33.4 Å². The number of hydrogen-bond acceptors (Lipinski definition) is 11. The van der Waals surface area contributed by atoms with Crippen LogP contribution in [0.5, 0.6) is 0 Å². The fourth-order valence-electron chi connectivity index (χ4n) is 4.08. The Kier molecular flexibility index (Phi) is 9.19. The number of aliphatic hydroxyl groups is 2. The Morgan fingerprint density at radius 3 is 2.47 bits per heavy atom. The first-order chi connectivity index (χ1) is 18.1. The summed E-state index contributed by atoms with van der Waals surface area (Å²) >= 11 is 1.17. The summed E-state index contributed by atoms with van der Waals surface area (Å²) in [5.41, 5.74) is 1.09. The number of rotatable bonds is 11. The van der Waals surface area contributed by atoms with Gasteiger partial charge in [0.25, 0.3) is 5.91 Å². The highest BCUT2D eigenvalue weighted by molar-refractivity contribution is 8.05. The Morgan fingerprint density at radius 2 is 1.84 bits per heavy atom. The molecular formula is C24H32N5O7PS. The molecule has 0 spiro atoms. The van der Waals surface area contributed by atoms with Crippen molar-refractivity contribution in [1.29, 1.82) is 0 Å². The lowest BCUT2D eigenvalue weighted by Gasteiger charge is -2.26. The van der Waals surface area contributed by atoms with Crippen molar-refractivity contribution in [3.05, 3.63) is 48.5 Å². The van der Waals surface area contributed by atoms with E-state index >= 15 is 0 Å². The fourth-order valence-corrected chi connectivity index (χ4v) is 8.05. The van der Waals surface area contributed by atoms with Crippen molar-refractivity contribution >= 4 is 42.2 Å². The van der Waals surface area contributed by atoms with E-state index in [0.717, 1.165) is 0 Å². The molecule has 0 saturated carbocycles. The van der Waals surface area contributed by atoms with E-state index in [1.54, 1.807) is 56.5 Å². The van der Waals surface area contributed by atoms with Crippen molar-refractivity contribution in [2.24, 2.45) is 0 Å². The minimum absolute atomic E-state index is 0.0386. The van der Waals surface area contributed by atoms with E-state index in [1.807, 2.05) is 6.07 Å². The van der Waals surface area contributed by atoms with Gasteiger partial charge in [-0.2, -0.15) is 0 Å². The van der Waals surface area contributed by atoms with Gasteiger partial charge in [0.05, 0.1) is 42.0 Å². The third kappa shape index (κ3) is 6.42. The lowest BCUT2D eigenvalue weighted by atomic mass is 10.2. The molecule has 0 bridgehead atoms. The van der Waals surface area contributed by atoms with Gasteiger partial charge in [0, 0.05) is 5.56 Å². The highest BCUT2D eigenvalue weighted by Crippen LogP contribution is 2.55. The average molecular weight is 566 g/mol. The first-order valence-electron chi connectivity index (χ1n) is 12.2. The topological polar surface area (TPSA) is 158 Å². The lowest BCUT2D eigenvalue weighted by molar-refractivity contribution is -0.0430. The van der Waals surface area contributed by atoms with Crippen LogP contribution in [0.4, 0.5) is 5.82 Å². The van der Waals surface area contributed by atoms with E-state index in [2.05, 4.69) is 20.3 Å². The molecule has 1 aromatic carbocycles. The quantitative estimate of drug-likeness (QED) is 0.293. The van der Waals surface area contributed by atoms with Crippen molar-refractivity contribution in [2.45, 2.75) is 63.6 Å². The Balaban J connectivity index is 1.61. The van der Waals surface area contributed by atoms with E-state index < -0.39 is 37.9 Å². The van der Waals surface area contributed by atoms with Gasteiger partial charge in [-0.15, -0.1) is 11.8 Å². The normalized spacial score (nSPS) is 22.0. The molecule has 1 aliphatic heterocycles. The van der Waals surface area contributed by atoms with Crippen LogP contribution in [0, 0.1) is 0 Å². The van der Waals surface area contributed by atoms with E-state index in [1.165, 1.54) is 24.4 Å². The number of imidazole rings is 1. The van der Waals surface area contributed by atoms with Gasteiger partial charge in [-0.05, 0) is 39.8 Å². The van der Waals surface area contributed by atoms with E-state index in [-0.39, 0.29) is 29.4 Å². The molecule has 38 heavy (non-hydrogen) atoms. The van der Waals surface area contributed by atoms with Gasteiger partial charge in [0.2, 0.25) is 0 Å². The van der Waals surface area contributed by atoms with Gasteiger partial charge >= 0.3 is 7.60 Å². The number of nitrogens with one attached hydrogen (secondary N) is 1.